The van der Waals surface area contributed by atoms with Crippen LogP contribution in [0.5, 0.6) is 0 Å². The van der Waals surface area contributed by atoms with Crippen molar-refractivity contribution in [3.8, 4) is 10.6 Å². The van der Waals surface area contributed by atoms with E-state index in [1.165, 1.54) is 35.3 Å². The van der Waals surface area contributed by atoms with Crippen LogP contribution in [0.15, 0.2) is 42.5 Å². The first-order chi connectivity index (χ1) is 11.9. The SMILES string of the molecule is CCP(CC)Cc1ccc(-c2nc3cc(C(F)(F)F)ccc3s2)cc1. The Labute approximate surface area is 150 Å². The fraction of sp³-hybridized carbons (Fsp3) is 0.316. The van der Waals surface area contributed by atoms with Gasteiger partial charge in [0.15, 0.2) is 0 Å². The molecule has 25 heavy (non-hydrogen) atoms. The van der Waals surface area contributed by atoms with Crippen LogP contribution < -0.4 is 0 Å². The number of nitrogens with zero attached hydrogens (tertiary/aromatic N) is 1. The lowest BCUT2D eigenvalue weighted by atomic mass is 10.1. The molecule has 0 spiro atoms. The van der Waals surface area contributed by atoms with Crippen molar-refractivity contribution in [3.63, 3.8) is 0 Å². The van der Waals surface area contributed by atoms with Crippen LogP contribution in [0.4, 0.5) is 13.2 Å². The van der Waals surface area contributed by atoms with E-state index in [2.05, 4.69) is 31.0 Å². The quantitative estimate of drug-likeness (QED) is 0.434. The lowest BCUT2D eigenvalue weighted by Gasteiger charge is -2.13. The predicted molar refractivity (Wildman–Crippen MR) is 102 cm³/mol. The second-order valence-corrected chi connectivity index (χ2v) is 9.81. The summed E-state index contributed by atoms with van der Waals surface area (Å²) in [6.07, 6.45) is -0.756. The Morgan fingerprint density at radius 1 is 1.00 bits per heavy atom. The first-order valence-electron chi connectivity index (χ1n) is 8.20. The summed E-state index contributed by atoms with van der Waals surface area (Å²) in [6.45, 7) is 4.47. The fourth-order valence-electron chi connectivity index (χ4n) is 2.69. The Balaban J connectivity index is 1.86. The average Bonchev–Trinajstić information content (AvgIpc) is 3.02. The van der Waals surface area contributed by atoms with E-state index in [0.717, 1.165) is 33.6 Å². The molecule has 6 heteroatoms. The Morgan fingerprint density at radius 3 is 2.28 bits per heavy atom. The van der Waals surface area contributed by atoms with Gasteiger partial charge in [0, 0.05) is 5.56 Å². The van der Waals surface area contributed by atoms with Crippen LogP contribution in [0.1, 0.15) is 25.0 Å². The lowest BCUT2D eigenvalue weighted by molar-refractivity contribution is -0.137. The zero-order valence-corrected chi connectivity index (χ0v) is 15.8. The number of hydrogen-bond donors (Lipinski definition) is 0. The maximum Gasteiger partial charge on any atom is 0.416 e. The fourth-order valence-corrected chi connectivity index (χ4v) is 5.26. The number of hydrogen-bond acceptors (Lipinski definition) is 2. The Bertz CT molecular complexity index is 851. The minimum absolute atomic E-state index is 0.0528. The Kier molecular flexibility index (Phi) is 5.45. The van der Waals surface area contributed by atoms with Crippen molar-refractivity contribution in [2.75, 3.05) is 12.3 Å². The van der Waals surface area contributed by atoms with Crippen LogP contribution in [0.25, 0.3) is 20.8 Å². The van der Waals surface area contributed by atoms with E-state index in [4.69, 9.17) is 0 Å². The first kappa shape index (κ1) is 18.3. The molecular formula is C19H19F3NPS. The largest absolute Gasteiger partial charge is 0.416 e. The standard InChI is InChI=1S/C19H19F3NPS/c1-3-24(4-2)12-13-5-7-14(8-6-13)18-23-16-11-15(19(20,21)22)9-10-17(16)25-18/h5-11H,3-4,12H2,1-2H3. The third-order valence-electron chi connectivity index (χ3n) is 4.22. The molecule has 0 fully saturated rings. The predicted octanol–water partition coefficient (Wildman–Crippen LogP) is 7.00. The van der Waals surface area contributed by atoms with Crippen molar-refractivity contribution in [1.82, 2.24) is 4.98 Å². The summed E-state index contributed by atoms with van der Waals surface area (Å²) in [7, 11) is 0.0528. The second-order valence-electron chi connectivity index (χ2n) is 5.86. The second kappa shape index (κ2) is 7.43. The van der Waals surface area contributed by atoms with Crippen molar-refractivity contribution >= 4 is 29.5 Å². The van der Waals surface area contributed by atoms with E-state index in [9.17, 15) is 13.2 Å². The highest BCUT2D eigenvalue weighted by Gasteiger charge is 2.30. The molecule has 3 aromatic rings. The molecule has 0 aliphatic rings. The number of benzene rings is 2. The number of thiazole rings is 1. The molecule has 0 saturated carbocycles. The molecular weight excluding hydrogens is 362 g/mol. The number of fused-ring (bicyclic) bond motifs is 1. The summed E-state index contributed by atoms with van der Waals surface area (Å²) in [5.74, 6) is 0. The zero-order valence-electron chi connectivity index (χ0n) is 14.1. The highest BCUT2D eigenvalue weighted by atomic mass is 32.1. The Morgan fingerprint density at radius 2 is 1.68 bits per heavy atom. The molecule has 132 valence electrons. The molecule has 1 nitrogen and oxygen atoms in total. The molecule has 0 radical (unpaired) electrons. The number of rotatable bonds is 5. The van der Waals surface area contributed by atoms with Crippen LogP contribution in [0.3, 0.4) is 0 Å². The van der Waals surface area contributed by atoms with Crippen LogP contribution >= 0.6 is 19.3 Å². The minimum atomic E-state index is -4.34. The number of halogens is 3. The summed E-state index contributed by atoms with van der Waals surface area (Å²) >= 11 is 1.42. The third-order valence-corrected chi connectivity index (χ3v) is 7.90. The van der Waals surface area contributed by atoms with Crippen molar-refractivity contribution in [1.29, 1.82) is 0 Å². The van der Waals surface area contributed by atoms with Gasteiger partial charge in [-0.15, -0.1) is 19.3 Å². The zero-order chi connectivity index (χ0) is 18.0. The van der Waals surface area contributed by atoms with Gasteiger partial charge in [0.25, 0.3) is 0 Å². The van der Waals surface area contributed by atoms with Gasteiger partial charge in [-0.25, -0.2) is 4.98 Å². The van der Waals surface area contributed by atoms with Crippen molar-refractivity contribution in [3.05, 3.63) is 53.6 Å². The van der Waals surface area contributed by atoms with Crippen LogP contribution in [-0.4, -0.2) is 17.3 Å². The molecule has 0 atom stereocenters. The van der Waals surface area contributed by atoms with E-state index in [1.54, 1.807) is 0 Å². The van der Waals surface area contributed by atoms with Gasteiger partial charge in [-0.3, -0.25) is 0 Å². The highest BCUT2D eigenvalue weighted by Crippen LogP contribution is 2.39. The molecule has 0 aliphatic carbocycles. The summed E-state index contributed by atoms with van der Waals surface area (Å²) in [5.41, 5.74) is 2.02. The maximum absolute atomic E-state index is 12.8. The van der Waals surface area contributed by atoms with Gasteiger partial charge in [0.1, 0.15) is 5.01 Å². The van der Waals surface area contributed by atoms with Crippen LogP contribution in [-0.2, 0) is 12.3 Å². The molecule has 0 amide bonds. The monoisotopic (exact) mass is 381 g/mol. The molecule has 1 heterocycles. The summed E-state index contributed by atoms with van der Waals surface area (Å²) in [6, 6.07) is 12.0. The normalized spacial score (nSPS) is 12.2. The molecule has 0 unspecified atom stereocenters. The molecule has 3 rings (SSSR count). The highest BCUT2D eigenvalue weighted by molar-refractivity contribution is 7.56. The van der Waals surface area contributed by atoms with E-state index < -0.39 is 11.7 Å². The minimum Gasteiger partial charge on any atom is -0.236 e. The first-order valence-corrected chi connectivity index (χ1v) is 10.9. The van der Waals surface area contributed by atoms with Gasteiger partial charge in [0.2, 0.25) is 0 Å². The summed E-state index contributed by atoms with van der Waals surface area (Å²) < 4.78 is 39.3. The van der Waals surface area contributed by atoms with Crippen molar-refractivity contribution < 1.29 is 13.2 Å². The van der Waals surface area contributed by atoms with Gasteiger partial charge in [0.05, 0.1) is 15.8 Å². The lowest BCUT2D eigenvalue weighted by Crippen LogP contribution is -2.03. The third kappa shape index (κ3) is 4.21. The van der Waals surface area contributed by atoms with E-state index in [1.807, 2.05) is 12.1 Å². The molecule has 0 bridgehead atoms. The maximum atomic E-state index is 12.8. The van der Waals surface area contributed by atoms with Gasteiger partial charge >= 0.3 is 6.18 Å². The molecule has 0 N–H and O–H groups in total. The summed E-state index contributed by atoms with van der Waals surface area (Å²) in [4.78, 5) is 4.40. The van der Waals surface area contributed by atoms with E-state index in [0.29, 0.717) is 5.52 Å². The number of aromatic nitrogens is 1. The van der Waals surface area contributed by atoms with E-state index >= 15 is 0 Å². The van der Waals surface area contributed by atoms with Gasteiger partial charge in [-0.1, -0.05) is 38.1 Å². The molecule has 0 aliphatic heterocycles. The molecule has 1 aromatic heterocycles. The Hall–Kier alpha value is -1.45. The van der Waals surface area contributed by atoms with Crippen molar-refractivity contribution in [2.24, 2.45) is 0 Å². The average molecular weight is 381 g/mol. The van der Waals surface area contributed by atoms with Gasteiger partial charge in [-0.2, -0.15) is 13.2 Å². The van der Waals surface area contributed by atoms with Gasteiger partial charge < -0.3 is 0 Å². The summed E-state index contributed by atoms with van der Waals surface area (Å²) in [5, 5.41) is 0.758. The van der Waals surface area contributed by atoms with Crippen LogP contribution in [0, 0.1) is 0 Å². The van der Waals surface area contributed by atoms with E-state index in [-0.39, 0.29) is 7.92 Å². The smallest absolute Gasteiger partial charge is 0.236 e. The topological polar surface area (TPSA) is 12.9 Å². The van der Waals surface area contributed by atoms with Crippen molar-refractivity contribution in [2.45, 2.75) is 26.2 Å². The van der Waals surface area contributed by atoms with Gasteiger partial charge in [-0.05, 0) is 42.2 Å². The molecule has 2 aromatic carbocycles. The molecule has 0 saturated heterocycles. The number of alkyl halides is 3. The van der Waals surface area contributed by atoms with Crippen LogP contribution in [0.2, 0.25) is 0 Å².